The van der Waals surface area contributed by atoms with Crippen LogP contribution in [-0.4, -0.2) is 8.42 Å². The lowest BCUT2D eigenvalue weighted by atomic mass is 10.1. The van der Waals surface area contributed by atoms with E-state index < -0.39 is 10.0 Å². The minimum absolute atomic E-state index is 0.240. The van der Waals surface area contributed by atoms with Crippen LogP contribution in [0.1, 0.15) is 25.0 Å². The number of nitrogens with one attached hydrogen (secondary N) is 1. The van der Waals surface area contributed by atoms with Crippen molar-refractivity contribution in [2.75, 3.05) is 10.5 Å². The number of anilines is 2. The van der Waals surface area contributed by atoms with Crippen LogP contribution in [0.15, 0.2) is 47.4 Å². The molecule has 0 bridgehead atoms. The lowest BCUT2D eigenvalue weighted by molar-refractivity contribution is 0.600. The van der Waals surface area contributed by atoms with Crippen molar-refractivity contribution in [3.8, 4) is 0 Å². The number of aryl methyl sites for hydroxylation is 2. The van der Waals surface area contributed by atoms with Gasteiger partial charge in [0.25, 0.3) is 10.0 Å². The van der Waals surface area contributed by atoms with E-state index in [2.05, 4.69) is 11.6 Å². The summed E-state index contributed by atoms with van der Waals surface area (Å²) in [7, 11) is -3.63. The van der Waals surface area contributed by atoms with Crippen LogP contribution >= 0.6 is 0 Å². The third-order valence-electron chi connectivity index (χ3n) is 3.38. The molecule has 112 valence electrons. The summed E-state index contributed by atoms with van der Waals surface area (Å²) in [4.78, 5) is 0.240. The van der Waals surface area contributed by atoms with Gasteiger partial charge in [0.15, 0.2) is 0 Å². The van der Waals surface area contributed by atoms with Crippen LogP contribution in [0.5, 0.6) is 0 Å². The fourth-order valence-corrected chi connectivity index (χ4v) is 3.54. The van der Waals surface area contributed by atoms with E-state index in [4.69, 9.17) is 5.73 Å². The van der Waals surface area contributed by atoms with Crippen molar-refractivity contribution in [1.82, 2.24) is 0 Å². The van der Waals surface area contributed by atoms with Crippen molar-refractivity contribution < 1.29 is 8.42 Å². The van der Waals surface area contributed by atoms with Crippen LogP contribution in [0, 0.1) is 0 Å². The van der Waals surface area contributed by atoms with Crippen LogP contribution in [-0.2, 0) is 22.9 Å². The van der Waals surface area contributed by atoms with E-state index >= 15 is 0 Å². The Balaban J connectivity index is 2.35. The van der Waals surface area contributed by atoms with Crippen molar-refractivity contribution in [3.05, 3.63) is 53.6 Å². The maximum Gasteiger partial charge on any atom is 0.262 e. The summed E-state index contributed by atoms with van der Waals surface area (Å²) in [6.07, 6.45) is 1.55. The van der Waals surface area contributed by atoms with Crippen LogP contribution in [0.3, 0.4) is 0 Å². The zero-order chi connectivity index (χ0) is 15.5. The Hall–Kier alpha value is -2.01. The first-order valence-electron chi connectivity index (χ1n) is 6.96. The normalized spacial score (nSPS) is 11.3. The van der Waals surface area contributed by atoms with Gasteiger partial charge in [-0.2, -0.15) is 0 Å². The maximum atomic E-state index is 12.5. The molecule has 0 fully saturated rings. The third-order valence-corrected chi connectivity index (χ3v) is 4.84. The molecular weight excluding hydrogens is 284 g/mol. The SMILES string of the molecule is CCc1ccc(NS(=O)(=O)c2cc(N)ccc2CC)cc1. The average molecular weight is 304 g/mol. The molecule has 0 amide bonds. The van der Waals surface area contributed by atoms with Gasteiger partial charge in [0.2, 0.25) is 0 Å². The molecule has 0 heterocycles. The van der Waals surface area contributed by atoms with Crippen molar-refractivity contribution in [3.63, 3.8) is 0 Å². The van der Waals surface area contributed by atoms with Crippen LogP contribution in [0.2, 0.25) is 0 Å². The number of nitrogens with two attached hydrogens (primary N) is 1. The number of hydrogen-bond donors (Lipinski definition) is 2. The highest BCUT2D eigenvalue weighted by Gasteiger charge is 2.18. The van der Waals surface area contributed by atoms with Gasteiger partial charge in [-0.3, -0.25) is 4.72 Å². The maximum absolute atomic E-state index is 12.5. The second kappa shape index (κ2) is 6.18. The fraction of sp³-hybridized carbons (Fsp3) is 0.250. The topological polar surface area (TPSA) is 72.2 Å². The van der Waals surface area contributed by atoms with E-state index in [1.807, 2.05) is 19.1 Å². The Bertz CT molecular complexity index is 722. The average Bonchev–Trinajstić information content (AvgIpc) is 2.47. The van der Waals surface area contributed by atoms with Gasteiger partial charge in [-0.1, -0.05) is 32.0 Å². The molecule has 0 spiro atoms. The highest BCUT2D eigenvalue weighted by molar-refractivity contribution is 7.92. The molecule has 0 saturated carbocycles. The summed E-state index contributed by atoms with van der Waals surface area (Å²) >= 11 is 0. The van der Waals surface area contributed by atoms with E-state index in [1.165, 1.54) is 6.07 Å². The molecule has 5 heteroatoms. The Morgan fingerprint density at radius 3 is 2.24 bits per heavy atom. The zero-order valence-corrected chi connectivity index (χ0v) is 13.1. The molecule has 2 aromatic rings. The van der Waals surface area contributed by atoms with Gasteiger partial charge in [-0.05, 0) is 48.2 Å². The lowest BCUT2D eigenvalue weighted by Gasteiger charge is -2.12. The highest BCUT2D eigenvalue weighted by atomic mass is 32.2. The molecule has 3 N–H and O–H groups in total. The predicted molar refractivity (Wildman–Crippen MR) is 86.9 cm³/mol. The van der Waals surface area contributed by atoms with E-state index in [-0.39, 0.29) is 4.90 Å². The molecule has 0 aromatic heterocycles. The molecule has 0 atom stereocenters. The van der Waals surface area contributed by atoms with Gasteiger partial charge < -0.3 is 5.73 Å². The Kier molecular flexibility index (Phi) is 4.53. The van der Waals surface area contributed by atoms with Crippen molar-refractivity contribution in [2.45, 2.75) is 31.6 Å². The quantitative estimate of drug-likeness (QED) is 0.833. The standard InChI is InChI=1S/C16H20N2O2S/c1-3-12-5-9-15(10-6-12)18-21(19,20)16-11-14(17)8-7-13(16)4-2/h5-11,18H,3-4,17H2,1-2H3. The first kappa shape index (κ1) is 15.4. The van der Waals surface area contributed by atoms with Gasteiger partial charge in [-0.25, -0.2) is 8.42 Å². The predicted octanol–water partition coefficient (Wildman–Crippen LogP) is 3.19. The molecule has 0 unspecified atom stereocenters. The molecule has 0 aliphatic heterocycles. The molecule has 2 rings (SSSR count). The Labute approximate surface area is 126 Å². The minimum atomic E-state index is -3.63. The summed E-state index contributed by atoms with van der Waals surface area (Å²) in [5.74, 6) is 0. The Morgan fingerprint density at radius 1 is 1.00 bits per heavy atom. The van der Waals surface area contributed by atoms with Gasteiger partial charge in [0.1, 0.15) is 0 Å². The van der Waals surface area contributed by atoms with Crippen LogP contribution < -0.4 is 10.5 Å². The Morgan fingerprint density at radius 2 is 1.67 bits per heavy atom. The van der Waals surface area contributed by atoms with Crippen molar-refractivity contribution in [1.29, 1.82) is 0 Å². The lowest BCUT2D eigenvalue weighted by Crippen LogP contribution is -2.15. The molecule has 0 aliphatic carbocycles. The molecule has 2 aromatic carbocycles. The number of hydrogen-bond acceptors (Lipinski definition) is 3. The molecule has 0 aliphatic rings. The summed E-state index contributed by atoms with van der Waals surface area (Å²) in [5, 5.41) is 0. The monoisotopic (exact) mass is 304 g/mol. The number of benzene rings is 2. The molecule has 4 nitrogen and oxygen atoms in total. The summed E-state index contributed by atoms with van der Waals surface area (Å²) in [6.45, 7) is 3.97. The zero-order valence-electron chi connectivity index (χ0n) is 12.3. The van der Waals surface area contributed by atoms with Gasteiger partial charge in [-0.15, -0.1) is 0 Å². The second-order valence-electron chi connectivity index (χ2n) is 4.88. The molecule has 21 heavy (non-hydrogen) atoms. The van der Waals surface area contributed by atoms with Gasteiger partial charge >= 0.3 is 0 Å². The summed E-state index contributed by atoms with van der Waals surface area (Å²) in [5.41, 5.74) is 8.62. The summed E-state index contributed by atoms with van der Waals surface area (Å²) in [6, 6.07) is 12.3. The third kappa shape index (κ3) is 3.55. The first-order valence-corrected chi connectivity index (χ1v) is 8.44. The van der Waals surface area contributed by atoms with Crippen LogP contribution in [0.25, 0.3) is 0 Å². The second-order valence-corrected chi connectivity index (χ2v) is 6.53. The molecule has 0 radical (unpaired) electrons. The highest BCUT2D eigenvalue weighted by Crippen LogP contribution is 2.23. The van der Waals surface area contributed by atoms with Crippen molar-refractivity contribution in [2.24, 2.45) is 0 Å². The van der Waals surface area contributed by atoms with E-state index in [9.17, 15) is 8.42 Å². The number of sulfonamides is 1. The smallest absolute Gasteiger partial charge is 0.262 e. The minimum Gasteiger partial charge on any atom is -0.399 e. The van der Waals surface area contributed by atoms with Crippen molar-refractivity contribution >= 4 is 21.4 Å². The number of nitrogen functional groups attached to an aromatic ring is 1. The summed E-state index contributed by atoms with van der Waals surface area (Å²) < 4.78 is 27.6. The van der Waals surface area contributed by atoms with E-state index in [1.54, 1.807) is 24.3 Å². The number of rotatable bonds is 5. The molecule has 0 saturated heterocycles. The first-order chi connectivity index (χ1) is 9.96. The van der Waals surface area contributed by atoms with Gasteiger partial charge in [0, 0.05) is 11.4 Å². The largest absolute Gasteiger partial charge is 0.399 e. The van der Waals surface area contributed by atoms with Crippen LogP contribution in [0.4, 0.5) is 11.4 Å². The van der Waals surface area contributed by atoms with E-state index in [0.717, 1.165) is 17.5 Å². The van der Waals surface area contributed by atoms with E-state index in [0.29, 0.717) is 17.8 Å². The fourth-order valence-electron chi connectivity index (χ4n) is 2.13. The molecular formula is C16H20N2O2S. The van der Waals surface area contributed by atoms with Gasteiger partial charge in [0.05, 0.1) is 4.90 Å².